The van der Waals surface area contributed by atoms with E-state index in [4.69, 9.17) is 4.74 Å². The molecule has 0 fully saturated rings. The van der Waals surface area contributed by atoms with Crippen molar-refractivity contribution in [2.45, 2.75) is 40.3 Å². The van der Waals surface area contributed by atoms with Gasteiger partial charge in [-0.15, -0.1) is 0 Å². The number of rotatable bonds is 7. The van der Waals surface area contributed by atoms with Crippen LogP contribution in [0.15, 0.2) is 59.8 Å². The van der Waals surface area contributed by atoms with Crippen molar-refractivity contribution in [1.29, 1.82) is 0 Å². The molecular formula is C26H29N5O3. The summed E-state index contributed by atoms with van der Waals surface area (Å²) >= 11 is 0. The number of nitrogens with zero attached hydrogens (tertiary/aromatic N) is 4. The maximum absolute atomic E-state index is 13.1. The molecule has 1 N–H and O–H groups in total. The van der Waals surface area contributed by atoms with E-state index in [0.29, 0.717) is 11.0 Å². The van der Waals surface area contributed by atoms with E-state index in [1.807, 2.05) is 64.1 Å². The third-order valence-electron chi connectivity index (χ3n) is 5.78. The number of hydrogen-bond donors (Lipinski definition) is 1. The van der Waals surface area contributed by atoms with E-state index < -0.39 is 0 Å². The fraction of sp³-hybridized carbons (Fsp3) is 0.308. The molecule has 0 bridgehead atoms. The van der Waals surface area contributed by atoms with Crippen molar-refractivity contribution in [1.82, 2.24) is 24.6 Å². The van der Waals surface area contributed by atoms with Crippen LogP contribution in [0.25, 0.3) is 16.7 Å². The molecule has 0 aliphatic heterocycles. The third-order valence-corrected chi connectivity index (χ3v) is 5.78. The predicted octanol–water partition coefficient (Wildman–Crippen LogP) is 3.72. The van der Waals surface area contributed by atoms with E-state index in [0.717, 1.165) is 28.1 Å². The van der Waals surface area contributed by atoms with Gasteiger partial charge in [0.15, 0.2) is 5.65 Å². The summed E-state index contributed by atoms with van der Waals surface area (Å²) in [5, 5.41) is 7.80. The summed E-state index contributed by atoms with van der Waals surface area (Å²) in [6.07, 6.45) is 2.91. The number of methoxy groups -OCH3 is 1. The van der Waals surface area contributed by atoms with Gasteiger partial charge in [-0.1, -0.05) is 32.0 Å². The number of ether oxygens (including phenoxy) is 1. The number of benzene rings is 2. The summed E-state index contributed by atoms with van der Waals surface area (Å²) in [5.41, 5.74) is 4.17. The average Bonchev–Trinajstić information content (AvgIpc) is 3.24. The standard InChI is InChI=1S/C26H29N5O3/c1-16(2)24(19-6-8-21(34-5)9-7-19)29-23(32)14-30-15-27-25-22(26(30)33)13-28-31(25)20-11-17(3)10-18(4)12-20/h6-13,15-16,24H,14H2,1-5H3,(H,29,32). The molecule has 0 aliphatic carbocycles. The van der Waals surface area contributed by atoms with Gasteiger partial charge in [-0.3, -0.25) is 14.2 Å². The fourth-order valence-corrected chi connectivity index (χ4v) is 4.14. The van der Waals surface area contributed by atoms with Crippen LogP contribution < -0.4 is 15.6 Å². The summed E-state index contributed by atoms with van der Waals surface area (Å²) in [7, 11) is 1.62. The molecule has 0 spiro atoms. The number of amides is 1. The summed E-state index contributed by atoms with van der Waals surface area (Å²) in [5.74, 6) is 0.648. The number of nitrogens with one attached hydrogen (secondary N) is 1. The minimum absolute atomic E-state index is 0.129. The minimum Gasteiger partial charge on any atom is -0.497 e. The van der Waals surface area contributed by atoms with Crippen molar-refractivity contribution in [2.75, 3.05) is 7.11 Å². The lowest BCUT2D eigenvalue weighted by molar-refractivity contribution is -0.122. The van der Waals surface area contributed by atoms with E-state index in [1.54, 1.807) is 11.8 Å². The van der Waals surface area contributed by atoms with E-state index in [2.05, 4.69) is 21.5 Å². The van der Waals surface area contributed by atoms with Crippen LogP contribution in [0.4, 0.5) is 0 Å². The molecule has 1 unspecified atom stereocenters. The Hall–Kier alpha value is -3.94. The molecule has 1 atom stereocenters. The SMILES string of the molecule is COc1ccc(C(NC(=O)Cn2cnc3c(cnn3-c3cc(C)cc(C)c3)c2=O)C(C)C)cc1. The van der Waals surface area contributed by atoms with Gasteiger partial charge in [0.05, 0.1) is 25.0 Å². The summed E-state index contributed by atoms with van der Waals surface area (Å²) < 4.78 is 8.19. The summed E-state index contributed by atoms with van der Waals surface area (Å²) in [6.45, 7) is 7.97. The largest absolute Gasteiger partial charge is 0.497 e. The highest BCUT2D eigenvalue weighted by atomic mass is 16.5. The highest BCUT2D eigenvalue weighted by Crippen LogP contribution is 2.24. The molecule has 0 saturated carbocycles. The molecule has 2 heterocycles. The van der Waals surface area contributed by atoms with Crippen LogP contribution in [-0.2, 0) is 11.3 Å². The smallest absolute Gasteiger partial charge is 0.264 e. The zero-order valence-electron chi connectivity index (χ0n) is 20.1. The van der Waals surface area contributed by atoms with E-state index >= 15 is 0 Å². The van der Waals surface area contributed by atoms with Gasteiger partial charge in [-0.05, 0) is 60.7 Å². The minimum atomic E-state index is -0.304. The summed E-state index contributed by atoms with van der Waals surface area (Å²) in [4.78, 5) is 30.4. The molecule has 34 heavy (non-hydrogen) atoms. The molecular weight excluding hydrogens is 430 g/mol. The molecule has 176 valence electrons. The van der Waals surface area contributed by atoms with Crippen molar-refractivity contribution < 1.29 is 9.53 Å². The van der Waals surface area contributed by atoms with Crippen LogP contribution >= 0.6 is 0 Å². The molecule has 4 aromatic rings. The predicted molar refractivity (Wildman–Crippen MR) is 131 cm³/mol. The van der Waals surface area contributed by atoms with Gasteiger partial charge in [-0.25, -0.2) is 9.67 Å². The molecule has 2 aromatic carbocycles. The van der Waals surface area contributed by atoms with Crippen molar-refractivity contribution in [2.24, 2.45) is 5.92 Å². The van der Waals surface area contributed by atoms with Crippen LogP contribution in [-0.4, -0.2) is 32.3 Å². The van der Waals surface area contributed by atoms with Gasteiger partial charge in [0, 0.05) is 0 Å². The number of aryl methyl sites for hydroxylation is 2. The van der Waals surface area contributed by atoms with Crippen LogP contribution in [0.3, 0.4) is 0 Å². The second-order valence-electron chi connectivity index (χ2n) is 8.88. The number of carbonyl (C=O) groups excluding carboxylic acids is 1. The maximum Gasteiger partial charge on any atom is 0.264 e. The third kappa shape index (κ3) is 4.71. The topological polar surface area (TPSA) is 91.0 Å². The summed E-state index contributed by atoms with van der Waals surface area (Å²) in [6, 6.07) is 13.5. The van der Waals surface area contributed by atoms with Crippen LogP contribution in [0.5, 0.6) is 5.75 Å². The quantitative estimate of drug-likeness (QED) is 0.455. The average molecular weight is 460 g/mol. The van der Waals surface area contributed by atoms with Crippen LogP contribution in [0.2, 0.25) is 0 Å². The van der Waals surface area contributed by atoms with Crippen molar-refractivity contribution >= 4 is 16.9 Å². The van der Waals surface area contributed by atoms with Crippen LogP contribution in [0.1, 0.15) is 36.6 Å². The molecule has 0 saturated heterocycles. The monoisotopic (exact) mass is 459 g/mol. The second kappa shape index (κ2) is 9.51. The van der Waals surface area contributed by atoms with Gasteiger partial charge < -0.3 is 10.1 Å². The molecule has 4 rings (SSSR count). The molecule has 1 amide bonds. The Labute approximate surface area is 198 Å². The zero-order chi connectivity index (χ0) is 24.4. The maximum atomic E-state index is 13.1. The normalized spacial score (nSPS) is 12.2. The Bertz CT molecular complexity index is 1370. The highest BCUT2D eigenvalue weighted by Gasteiger charge is 2.20. The fourth-order valence-electron chi connectivity index (χ4n) is 4.14. The van der Waals surface area contributed by atoms with Crippen molar-refractivity contribution in [3.63, 3.8) is 0 Å². The molecule has 0 radical (unpaired) electrons. The van der Waals surface area contributed by atoms with Gasteiger partial charge in [0.2, 0.25) is 5.91 Å². The van der Waals surface area contributed by atoms with Gasteiger partial charge in [0.25, 0.3) is 5.56 Å². The Balaban J connectivity index is 1.57. The Morgan fingerprint density at radius 1 is 1.09 bits per heavy atom. The second-order valence-corrected chi connectivity index (χ2v) is 8.88. The first kappa shape index (κ1) is 23.2. The van der Waals surface area contributed by atoms with Crippen molar-refractivity contribution in [3.8, 4) is 11.4 Å². The first-order chi connectivity index (χ1) is 16.3. The first-order valence-corrected chi connectivity index (χ1v) is 11.2. The number of carbonyl (C=O) groups is 1. The molecule has 2 aromatic heterocycles. The Kier molecular flexibility index (Phi) is 6.49. The van der Waals surface area contributed by atoms with Gasteiger partial charge in [0.1, 0.15) is 24.0 Å². The number of aromatic nitrogens is 4. The number of fused-ring (bicyclic) bond motifs is 1. The molecule has 0 aliphatic rings. The highest BCUT2D eigenvalue weighted by molar-refractivity contribution is 5.78. The van der Waals surface area contributed by atoms with E-state index in [-0.39, 0.29) is 30.0 Å². The Morgan fingerprint density at radius 2 is 1.76 bits per heavy atom. The Morgan fingerprint density at radius 3 is 2.38 bits per heavy atom. The lowest BCUT2D eigenvalue weighted by atomic mass is 9.96. The van der Waals surface area contributed by atoms with Crippen LogP contribution in [0, 0.1) is 19.8 Å². The molecule has 8 heteroatoms. The van der Waals surface area contributed by atoms with E-state index in [9.17, 15) is 9.59 Å². The van der Waals surface area contributed by atoms with Gasteiger partial charge >= 0.3 is 0 Å². The van der Waals surface area contributed by atoms with Crippen molar-refractivity contribution in [3.05, 3.63) is 82.0 Å². The zero-order valence-corrected chi connectivity index (χ0v) is 20.1. The first-order valence-electron chi connectivity index (χ1n) is 11.2. The lowest BCUT2D eigenvalue weighted by Gasteiger charge is -2.23. The lowest BCUT2D eigenvalue weighted by Crippen LogP contribution is -2.36. The van der Waals surface area contributed by atoms with Gasteiger partial charge in [-0.2, -0.15) is 5.10 Å². The van der Waals surface area contributed by atoms with E-state index in [1.165, 1.54) is 17.1 Å². The number of hydrogen-bond acceptors (Lipinski definition) is 5. The molecule has 8 nitrogen and oxygen atoms in total.